The molecular weight excluding hydrogens is 352 g/mol. The molecule has 0 radical (unpaired) electrons. The Balaban J connectivity index is 2.14. The van der Waals surface area contributed by atoms with Gasteiger partial charge >= 0.3 is 0 Å². The average molecular weight is 372 g/mol. The number of hydrogen-bond donors (Lipinski definition) is 1. The lowest BCUT2D eigenvalue weighted by atomic mass is 10.1. The number of aryl methyl sites for hydroxylation is 3. The number of aromatic nitrogens is 1. The third-order valence-electron chi connectivity index (χ3n) is 4.30. The first kappa shape index (κ1) is 18.0. The summed E-state index contributed by atoms with van der Waals surface area (Å²) in [6, 6.07) is 11.7. The van der Waals surface area contributed by atoms with Crippen LogP contribution in [0.1, 0.15) is 11.1 Å². The molecule has 2 aromatic carbocycles. The minimum atomic E-state index is -3.76. The summed E-state index contributed by atoms with van der Waals surface area (Å²) in [7, 11) is -0.629. The Bertz CT molecular complexity index is 1150. The van der Waals surface area contributed by atoms with E-state index in [4.69, 9.17) is 4.74 Å². The number of pyridine rings is 1. The number of sulfonamides is 1. The number of nitrogens with one attached hydrogen (secondary N) is 1. The topological polar surface area (TPSA) is 77.4 Å². The van der Waals surface area contributed by atoms with Crippen LogP contribution in [0.25, 0.3) is 10.9 Å². The van der Waals surface area contributed by atoms with Crippen molar-refractivity contribution in [3.8, 4) is 5.75 Å². The van der Waals surface area contributed by atoms with Crippen molar-refractivity contribution in [3.05, 3.63) is 63.9 Å². The van der Waals surface area contributed by atoms with Gasteiger partial charge in [0, 0.05) is 24.1 Å². The summed E-state index contributed by atoms with van der Waals surface area (Å²) in [4.78, 5) is 12.3. The van der Waals surface area contributed by atoms with Crippen molar-refractivity contribution in [2.45, 2.75) is 18.7 Å². The van der Waals surface area contributed by atoms with Crippen molar-refractivity contribution in [2.24, 2.45) is 7.05 Å². The summed E-state index contributed by atoms with van der Waals surface area (Å²) in [6.07, 6.45) is 0. The van der Waals surface area contributed by atoms with Crippen LogP contribution in [-0.2, 0) is 17.1 Å². The number of nitrogens with zero attached hydrogens (tertiary/aromatic N) is 1. The predicted octanol–water partition coefficient (Wildman–Crippen LogP) is 2.96. The predicted molar refractivity (Wildman–Crippen MR) is 102 cm³/mol. The van der Waals surface area contributed by atoms with Gasteiger partial charge in [0.2, 0.25) is 0 Å². The van der Waals surface area contributed by atoms with Crippen molar-refractivity contribution in [1.82, 2.24) is 4.57 Å². The summed E-state index contributed by atoms with van der Waals surface area (Å²) in [5.74, 6) is 0.340. The Morgan fingerprint density at radius 2 is 1.69 bits per heavy atom. The van der Waals surface area contributed by atoms with E-state index in [0.717, 1.165) is 10.9 Å². The monoisotopic (exact) mass is 372 g/mol. The zero-order valence-electron chi connectivity index (χ0n) is 15.0. The van der Waals surface area contributed by atoms with Gasteiger partial charge in [0.1, 0.15) is 5.75 Å². The lowest BCUT2D eigenvalue weighted by Gasteiger charge is -2.15. The van der Waals surface area contributed by atoms with Gasteiger partial charge in [-0.05, 0) is 38.1 Å². The highest BCUT2D eigenvalue weighted by molar-refractivity contribution is 7.92. The summed E-state index contributed by atoms with van der Waals surface area (Å²) in [5, 5.41) is 0.743. The highest BCUT2D eigenvalue weighted by Gasteiger charge is 2.18. The Kier molecular flexibility index (Phi) is 4.50. The van der Waals surface area contributed by atoms with E-state index in [2.05, 4.69) is 4.72 Å². The van der Waals surface area contributed by atoms with Crippen LogP contribution in [0, 0.1) is 13.8 Å². The third kappa shape index (κ3) is 3.17. The Labute approximate surface area is 152 Å². The number of ether oxygens (including phenoxy) is 1. The van der Waals surface area contributed by atoms with E-state index in [1.165, 1.54) is 11.7 Å². The van der Waals surface area contributed by atoms with Crippen LogP contribution >= 0.6 is 0 Å². The smallest absolute Gasteiger partial charge is 0.262 e. The van der Waals surface area contributed by atoms with Gasteiger partial charge in [-0.2, -0.15) is 0 Å². The van der Waals surface area contributed by atoms with Crippen LogP contribution < -0.4 is 15.0 Å². The van der Waals surface area contributed by atoms with Gasteiger partial charge in [-0.3, -0.25) is 9.52 Å². The molecule has 26 heavy (non-hydrogen) atoms. The first-order valence-electron chi connectivity index (χ1n) is 8.01. The molecule has 0 saturated carbocycles. The second kappa shape index (κ2) is 6.49. The second-order valence-electron chi connectivity index (χ2n) is 6.22. The molecule has 3 rings (SSSR count). The largest absolute Gasteiger partial charge is 0.494 e. The molecule has 6 nitrogen and oxygen atoms in total. The highest BCUT2D eigenvalue weighted by Crippen LogP contribution is 2.31. The molecule has 0 aliphatic heterocycles. The normalized spacial score (nSPS) is 11.5. The molecule has 0 aliphatic rings. The van der Waals surface area contributed by atoms with Crippen molar-refractivity contribution in [1.29, 1.82) is 0 Å². The number of methoxy groups -OCH3 is 1. The van der Waals surface area contributed by atoms with Gasteiger partial charge in [-0.1, -0.05) is 17.7 Å². The van der Waals surface area contributed by atoms with Crippen LogP contribution in [0.5, 0.6) is 5.75 Å². The zero-order valence-corrected chi connectivity index (χ0v) is 15.8. The molecule has 0 atom stereocenters. The van der Waals surface area contributed by atoms with Crippen LogP contribution in [0.15, 0.2) is 52.2 Å². The number of hydrogen-bond acceptors (Lipinski definition) is 4. The van der Waals surface area contributed by atoms with E-state index in [9.17, 15) is 13.2 Å². The number of rotatable bonds is 4. The number of anilines is 1. The first-order chi connectivity index (χ1) is 12.2. The van der Waals surface area contributed by atoms with Gasteiger partial charge in [-0.15, -0.1) is 0 Å². The molecule has 0 unspecified atom stereocenters. The fourth-order valence-electron chi connectivity index (χ4n) is 2.83. The number of benzene rings is 2. The van der Waals surface area contributed by atoms with Crippen molar-refractivity contribution < 1.29 is 13.2 Å². The summed E-state index contributed by atoms with van der Waals surface area (Å²) >= 11 is 0. The fourth-order valence-corrected chi connectivity index (χ4v) is 3.89. The van der Waals surface area contributed by atoms with Gasteiger partial charge in [0.25, 0.3) is 15.6 Å². The summed E-state index contributed by atoms with van der Waals surface area (Å²) in [5.41, 5.74) is 2.43. The molecule has 1 aromatic heterocycles. The van der Waals surface area contributed by atoms with Crippen LogP contribution in [0.3, 0.4) is 0 Å². The molecule has 0 bridgehead atoms. The van der Waals surface area contributed by atoms with Crippen molar-refractivity contribution in [2.75, 3.05) is 11.8 Å². The van der Waals surface area contributed by atoms with Crippen LogP contribution in [-0.4, -0.2) is 20.1 Å². The van der Waals surface area contributed by atoms with Crippen molar-refractivity contribution in [3.63, 3.8) is 0 Å². The summed E-state index contributed by atoms with van der Waals surface area (Å²) < 4.78 is 34.8. The third-order valence-corrected chi connectivity index (χ3v) is 5.68. The average Bonchev–Trinajstić information content (AvgIpc) is 2.59. The van der Waals surface area contributed by atoms with E-state index in [0.29, 0.717) is 22.5 Å². The Hall–Kier alpha value is -2.80. The van der Waals surface area contributed by atoms with Crippen molar-refractivity contribution >= 4 is 26.6 Å². The molecular formula is C19H20N2O4S. The Morgan fingerprint density at radius 1 is 1.04 bits per heavy atom. The molecule has 3 aromatic rings. The van der Waals surface area contributed by atoms with Gasteiger partial charge in [0.15, 0.2) is 0 Å². The molecule has 0 fully saturated rings. The molecule has 0 amide bonds. The maximum absolute atomic E-state index is 12.7. The maximum Gasteiger partial charge on any atom is 0.262 e. The molecule has 1 N–H and O–H groups in total. The van der Waals surface area contributed by atoms with Gasteiger partial charge < -0.3 is 9.30 Å². The standard InChI is InChI=1S/C19H20N2O4S/c1-12-5-7-15(8-6-12)26(23,24)20-16-10-14-9-13(2)19(22)21(3)17(14)11-18(16)25-4/h5-11,20H,1-4H3. The summed E-state index contributed by atoms with van der Waals surface area (Å²) in [6.45, 7) is 3.62. The fraction of sp³-hybridized carbons (Fsp3) is 0.211. The Morgan fingerprint density at radius 3 is 2.31 bits per heavy atom. The van der Waals surface area contributed by atoms with Crippen LogP contribution in [0.2, 0.25) is 0 Å². The van der Waals surface area contributed by atoms with E-state index < -0.39 is 10.0 Å². The minimum absolute atomic E-state index is 0.104. The minimum Gasteiger partial charge on any atom is -0.494 e. The molecule has 136 valence electrons. The number of fused-ring (bicyclic) bond motifs is 1. The molecule has 7 heteroatoms. The quantitative estimate of drug-likeness (QED) is 0.764. The molecule has 0 spiro atoms. The molecule has 0 saturated heterocycles. The van der Waals surface area contributed by atoms with E-state index in [-0.39, 0.29) is 10.5 Å². The van der Waals surface area contributed by atoms with Gasteiger partial charge in [0.05, 0.1) is 23.2 Å². The van der Waals surface area contributed by atoms with E-state index in [1.54, 1.807) is 56.4 Å². The maximum atomic E-state index is 12.7. The van der Waals surface area contributed by atoms with Crippen LogP contribution in [0.4, 0.5) is 5.69 Å². The lowest BCUT2D eigenvalue weighted by Crippen LogP contribution is -2.19. The molecule has 1 heterocycles. The second-order valence-corrected chi connectivity index (χ2v) is 7.90. The first-order valence-corrected chi connectivity index (χ1v) is 9.49. The SMILES string of the molecule is COc1cc2c(cc1NS(=O)(=O)c1ccc(C)cc1)cc(C)c(=O)n2C. The molecule has 0 aliphatic carbocycles. The van der Waals surface area contributed by atoms with Gasteiger partial charge in [-0.25, -0.2) is 8.42 Å². The van der Waals surface area contributed by atoms with E-state index >= 15 is 0 Å². The zero-order chi connectivity index (χ0) is 19.1. The highest BCUT2D eigenvalue weighted by atomic mass is 32.2. The van der Waals surface area contributed by atoms with E-state index in [1.807, 2.05) is 6.92 Å². The lowest BCUT2D eigenvalue weighted by molar-refractivity contribution is 0.417.